The minimum Gasteiger partial charge on any atom is -0.303 e. The Labute approximate surface area is 164 Å². The molecule has 1 aliphatic rings. The number of hydrogen-bond donors (Lipinski definition) is 0. The molecule has 146 valence electrons. The summed E-state index contributed by atoms with van der Waals surface area (Å²) >= 11 is 0. The van der Waals surface area contributed by atoms with E-state index in [0.29, 0.717) is 10.8 Å². The highest BCUT2D eigenvalue weighted by Gasteiger charge is 2.33. The summed E-state index contributed by atoms with van der Waals surface area (Å²) in [6.07, 6.45) is 4.69. The van der Waals surface area contributed by atoms with Gasteiger partial charge in [-0.1, -0.05) is 68.3 Å². The predicted octanol–water partition coefficient (Wildman–Crippen LogP) is 4.76. The van der Waals surface area contributed by atoms with E-state index in [1.165, 1.54) is 24.8 Å². The first kappa shape index (κ1) is 20.1. The van der Waals surface area contributed by atoms with Crippen LogP contribution in [-0.4, -0.2) is 38.7 Å². The lowest BCUT2D eigenvalue weighted by molar-refractivity contribution is 0.162. The molecule has 2 aromatic rings. The van der Waals surface area contributed by atoms with Crippen LogP contribution in [0.3, 0.4) is 0 Å². The smallest absolute Gasteiger partial charge is 0.178 e. The lowest BCUT2D eigenvalue weighted by atomic mass is 9.81. The molecule has 0 unspecified atom stereocenters. The van der Waals surface area contributed by atoms with Crippen LogP contribution in [0.15, 0.2) is 65.6 Å². The van der Waals surface area contributed by atoms with E-state index in [1.54, 1.807) is 24.3 Å². The molecule has 0 aliphatic carbocycles. The molecule has 2 aromatic carbocycles. The SMILES string of the molecule is CCCCCN1CC[C@H](c2ccccc2)[C@@H](CS(=O)(=O)c2ccccc2)C1. The van der Waals surface area contributed by atoms with Gasteiger partial charge in [-0.25, -0.2) is 8.42 Å². The van der Waals surface area contributed by atoms with Gasteiger partial charge in [0.1, 0.15) is 0 Å². The van der Waals surface area contributed by atoms with Crippen LogP contribution in [0.5, 0.6) is 0 Å². The minimum atomic E-state index is -3.28. The summed E-state index contributed by atoms with van der Waals surface area (Å²) in [5.74, 6) is 0.668. The molecule has 3 nitrogen and oxygen atoms in total. The number of unbranched alkanes of at least 4 members (excludes halogenated alkanes) is 2. The second kappa shape index (κ2) is 9.52. The highest BCUT2D eigenvalue weighted by Crippen LogP contribution is 2.35. The molecule has 0 aromatic heterocycles. The molecule has 3 rings (SSSR count). The van der Waals surface area contributed by atoms with Gasteiger partial charge in [-0.3, -0.25) is 0 Å². The number of benzene rings is 2. The Hall–Kier alpha value is -1.65. The lowest BCUT2D eigenvalue weighted by Gasteiger charge is -2.39. The first-order valence-corrected chi connectivity index (χ1v) is 11.8. The third-order valence-electron chi connectivity index (χ3n) is 5.66. The maximum atomic E-state index is 13.0. The van der Waals surface area contributed by atoms with Gasteiger partial charge in [0.15, 0.2) is 9.84 Å². The molecule has 1 aliphatic heterocycles. The number of likely N-dealkylation sites (tertiary alicyclic amines) is 1. The van der Waals surface area contributed by atoms with E-state index in [-0.39, 0.29) is 11.7 Å². The summed E-state index contributed by atoms with van der Waals surface area (Å²) in [6, 6.07) is 19.4. The van der Waals surface area contributed by atoms with Crippen molar-refractivity contribution in [2.45, 2.75) is 43.4 Å². The van der Waals surface area contributed by atoms with Crippen molar-refractivity contribution in [2.24, 2.45) is 5.92 Å². The zero-order valence-corrected chi connectivity index (χ0v) is 17.1. The van der Waals surface area contributed by atoms with Gasteiger partial charge >= 0.3 is 0 Å². The largest absolute Gasteiger partial charge is 0.303 e. The van der Waals surface area contributed by atoms with E-state index in [2.05, 4.69) is 36.1 Å². The van der Waals surface area contributed by atoms with Crippen molar-refractivity contribution in [1.82, 2.24) is 4.90 Å². The standard InChI is InChI=1S/C23H31NO2S/c1-2-3-10-16-24-17-15-23(20-11-6-4-7-12-20)21(18-24)19-27(25,26)22-13-8-5-9-14-22/h4-9,11-14,21,23H,2-3,10,15-19H2,1H3/t21-,23-/m1/s1. The topological polar surface area (TPSA) is 37.4 Å². The van der Waals surface area contributed by atoms with Crippen molar-refractivity contribution >= 4 is 9.84 Å². The fraction of sp³-hybridized carbons (Fsp3) is 0.478. The number of piperidine rings is 1. The van der Waals surface area contributed by atoms with E-state index < -0.39 is 9.84 Å². The Kier molecular flexibility index (Phi) is 7.08. The Morgan fingerprint density at radius 3 is 2.30 bits per heavy atom. The van der Waals surface area contributed by atoms with Crippen LogP contribution < -0.4 is 0 Å². The monoisotopic (exact) mass is 385 g/mol. The zero-order valence-electron chi connectivity index (χ0n) is 16.3. The lowest BCUT2D eigenvalue weighted by Crippen LogP contribution is -2.42. The third kappa shape index (κ3) is 5.43. The van der Waals surface area contributed by atoms with Crippen LogP contribution in [-0.2, 0) is 9.84 Å². The van der Waals surface area contributed by atoms with E-state index in [1.807, 2.05) is 12.1 Å². The van der Waals surface area contributed by atoms with Crippen LogP contribution in [0.4, 0.5) is 0 Å². The zero-order chi connectivity index (χ0) is 19.1. The molecule has 1 saturated heterocycles. The second-order valence-corrected chi connectivity index (χ2v) is 9.70. The van der Waals surface area contributed by atoms with E-state index >= 15 is 0 Å². The molecule has 0 saturated carbocycles. The average molecular weight is 386 g/mol. The van der Waals surface area contributed by atoms with Crippen molar-refractivity contribution in [3.63, 3.8) is 0 Å². The molecule has 0 spiro atoms. The van der Waals surface area contributed by atoms with Gasteiger partial charge in [-0.05, 0) is 55.5 Å². The first-order chi connectivity index (χ1) is 13.1. The molecule has 4 heteroatoms. The Balaban J connectivity index is 1.78. The second-order valence-electron chi connectivity index (χ2n) is 7.67. The fourth-order valence-electron chi connectivity index (χ4n) is 4.21. The Morgan fingerprint density at radius 1 is 0.963 bits per heavy atom. The molecule has 2 atom stereocenters. The van der Waals surface area contributed by atoms with Gasteiger partial charge in [-0.2, -0.15) is 0 Å². The molecule has 0 amide bonds. The van der Waals surface area contributed by atoms with Crippen molar-refractivity contribution in [3.05, 3.63) is 66.2 Å². The molecule has 0 radical (unpaired) electrons. The van der Waals surface area contributed by atoms with Crippen LogP contribution in [0.1, 0.15) is 44.1 Å². The summed E-state index contributed by atoms with van der Waals surface area (Å²) in [7, 11) is -3.28. The summed E-state index contributed by atoms with van der Waals surface area (Å²) in [5, 5.41) is 0. The molecule has 27 heavy (non-hydrogen) atoms. The van der Waals surface area contributed by atoms with Crippen LogP contribution in [0.25, 0.3) is 0 Å². The van der Waals surface area contributed by atoms with Gasteiger partial charge in [0.2, 0.25) is 0 Å². The van der Waals surface area contributed by atoms with Gasteiger partial charge in [-0.15, -0.1) is 0 Å². The van der Waals surface area contributed by atoms with E-state index in [0.717, 1.165) is 26.1 Å². The molecular weight excluding hydrogens is 354 g/mol. The van der Waals surface area contributed by atoms with Gasteiger partial charge in [0.25, 0.3) is 0 Å². The Morgan fingerprint density at radius 2 is 1.63 bits per heavy atom. The number of rotatable bonds is 8. The predicted molar refractivity (Wildman–Crippen MR) is 112 cm³/mol. The average Bonchev–Trinajstić information content (AvgIpc) is 2.69. The highest BCUT2D eigenvalue weighted by atomic mass is 32.2. The molecule has 0 bridgehead atoms. The quantitative estimate of drug-likeness (QED) is 0.615. The number of nitrogens with zero attached hydrogens (tertiary/aromatic N) is 1. The Bertz CT molecular complexity index is 790. The maximum Gasteiger partial charge on any atom is 0.178 e. The molecule has 1 fully saturated rings. The van der Waals surface area contributed by atoms with Crippen molar-refractivity contribution in [1.29, 1.82) is 0 Å². The van der Waals surface area contributed by atoms with Gasteiger partial charge in [0, 0.05) is 6.54 Å². The first-order valence-electron chi connectivity index (χ1n) is 10.2. The molecular formula is C23H31NO2S. The van der Waals surface area contributed by atoms with Crippen LogP contribution in [0, 0.1) is 5.92 Å². The van der Waals surface area contributed by atoms with Gasteiger partial charge in [0.05, 0.1) is 10.6 Å². The normalized spacial score (nSPS) is 21.2. The van der Waals surface area contributed by atoms with E-state index in [9.17, 15) is 8.42 Å². The van der Waals surface area contributed by atoms with Crippen molar-refractivity contribution < 1.29 is 8.42 Å². The minimum absolute atomic E-state index is 0.132. The fourth-order valence-corrected chi connectivity index (χ4v) is 5.88. The molecule has 1 heterocycles. The van der Waals surface area contributed by atoms with Crippen LogP contribution >= 0.6 is 0 Å². The summed E-state index contributed by atoms with van der Waals surface area (Å²) in [4.78, 5) is 2.92. The van der Waals surface area contributed by atoms with Gasteiger partial charge < -0.3 is 4.90 Å². The summed E-state index contributed by atoms with van der Waals surface area (Å²) in [6.45, 7) is 5.23. The van der Waals surface area contributed by atoms with Crippen LogP contribution in [0.2, 0.25) is 0 Å². The highest BCUT2D eigenvalue weighted by molar-refractivity contribution is 7.91. The van der Waals surface area contributed by atoms with E-state index in [4.69, 9.17) is 0 Å². The maximum absolute atomic E-state index is 13.0. The number of sulfone groups is 1. The number of hydrogen-bond acceptors (Lipinski definition) is 3. The summed E-state index contributed by atoms with van der Waals surface area (Å²) < 4.78 is 26.1. The third-order valence-corrected chi connectivity index (χ3v) is 7.52. The summed E-state index contributed by atoms with van der Waals surface area (Å²) in [5.41, 5.74) is 1.28. The van der Waals surface area contributed by atoms with Crippen molar-refractivity contribution in [3.8, 4) is 0 Å². The molecule has 0 N–H and O–H groups in total. The van der Waals surface area contributed by atoms with Crippen molar-refractivity contribution in [2.75, 3.05) is 25.4 Å².